The Labute approximate surface area is 148 Å². The van der Waals surface area contributed by atoms with Crippen molar-refractivity contribution in [2.45, 2.75) is 69.2 Å². The van der Waals surface area contributed by atoms with Crippen LogP contribution >= 0.6 is 0 Å². The molecule has 2 heteroatoms. The Morgan fingerprint density at radius 3 is 0.864 bits per heavy atom. The second-order valence-corrected chi connectivity index (χ2v) is 7.25. The number of allylic oxidation sites excluding steroid dienone is 8. The van der Waals surface area contributed by atoms with Crippen LogP contribution < -0.4 is 0 Å². The first-order valence-electron chi connectivity index (χ1n) is 7.50. The first-order chi connectivity index (χ1) is 8.90. The molecule has 0 amide bonds. The molecule has 0 aromatic carbocycles. The molecule has 0 spiro atoms. The molecule has 22 heavy (non-hydrogen) atoms. The van der Waals surface area contributed by atoms with E-state index in [4.69, 9.17) is 0 Å². The van der Waals surface area contributed by atoms with Crippen molar-refractivity contribution in [3.05, 3.63) is 45.6 Å². The van der Waals surface area contributed by atoms with Crippen LogP contribution in [0.2, 0.25) is 0 Å². The van der Waals surface area contributed by atoms with Crippen molar-refractivity contribution in [1.29, 1.82) is 0 Å². The molecule has 127 valence electrons. The van der Waals surface area contributed by atoms with Gasteiger partial charge in [0.2, 0.25) is 0 Å². The van der Waals surface area contributed by atoms with Gasteiger partial charge >= 0.3 is 16.8 Å². The number of rotatable bonds is 0. The Morgan fingerprint density at radius 2 is 0.818 bits per heavy atom. The van der Waals surface area contributed by atoms with Gasteiger partial charge in [0.15, 0.2) is 0 Å². The molecule has 0 aromatic rings. The minimum atomic E-state index is 0. The third-order valence-corrected chi connectivity index (χ3v) is 5.12. The molecule has 2 aliphatic carbocycles. The summed E-state index contributed by atoms with van der Waals surface area (Å²) in [7, 11) is 0. The van der Waals surface area contributed by atoms with E-state index in [0.29, 0.717) is 0 Å². The van der Waals surface area contributed by atoms with Crippen molar-refractivity contribution < 1.29 is 22.3 Å². The van der Waals surface area contributed by atoms with Gasteiger partial charge in [0, 0.05) is 0 Å². The summed E-state index contributed by atoms with van der Waals surface area (Å²) in [6.07, 6.45) is 6.87. The van der Waals surface area contributed by atoms with E-state index in [1.807, 2.05) is 0 Å². The van der Waals surface area contributed by atoms with Crippen LogP contribution in [0.5, 0.6) is 0 Å². The van der Waals surface area contributed by atoms with E-state index in [-0.39, 0.29) is 33.1 Å². The zero-order valence-corrected chi connectivity index (χ0v) is 16.9. The minimum Gasteiger partial charge on any atom is -0.412 e. The Balaban J connectivity index is 0. The van der Waals surface area contributed by atoms with Crippen molar-refractivity contribution >= 4 is 0 Å². The Morgan fingerprint density at radius 1 is 0.591 bits per heavy atom. The Kier molecular flexibility index (Phi) is 8.40. The van der Waals surface area contributed by atoms with Crippen LogP contribution in [0.25, 0.3) is 0 Å². The molecular weight excluding hydrogens is 315 g/mol. The zero-order chi connectivity index (χ0) is 15.9. The summed E-state index contributed by atoms with van der Waals surface area (Å²) in [4.78, 5) is 0. The van der Waals surface area contributed by atoms with Gasteiger partial charge in [-0.25, -0.2) is 11.1 Å². The predicted octanol–water partition coefficient (Wildman–Crippen LogP) is 5.40. The maximum atomic E-state index is 3.44. The molecular formula is C20H32CoO. The topological polar surface area (TPSA) is 31.5 Å². The van der Waals surface area contributed by atoms with E-state index < -0.39 is 0 Å². The van der Waals surface area contributed by atoms with E-state index in [1.165, 1.54) is 33.4 Å². The van der Waals surface area contributed by atoms with Gasteiger partial charge in [0.1, 0.15) is 0 Å². The Hall–Kier alpha value is -0.574. The van der Waals surface area contributed by atoms with Gasteiger partial charge in [-0.05, 0) is 0 Å². The number of hydrogen-bond acceptors (Lipinski definition) is 0. The maximum Gasteiger partial charge on any atom is 2.00 e. The summed E-state index contributed by atoms with van der Waals surface area (Å²) in [6, 6.07) is 0. The quantitative estimate of drug-likeness (QED) is 0.526. The SMILES string of the molecule is CC1=[C-]C(C)(C)C(C)=C1C.CC1=[C-]C(C)(C)C(C)=C1C.O.[Co+2]. The molecule has 0 unspecified atom stereocenters. The second-order valence-electron chi connectivity index (χ2n) is 7.25. The molecule has 1 radical (unpaired) electrons. The van der Waals surface area contributed by atoms with Gasteiger partial charge in [0.25, 0.3) is 0 Å². The molecule has 0 fully saturated rings. The minimum absolute atomic E-state index is 0. The fourth-order valence-corrected chi connectivity index (χ4v) is 2.81. The van der Waals surface area contributed by atoms with Crippen LogP contribution in [0, 0.1) is 23.0 Å². The normalized spacial score (nSPS) is 21.4. The molecule has 2 N–H and O–H groups in total. The summed E-state index contributed by atoms with van der Waals surface area (Å²) in [5.41, 5.74) is 8.79. The summed E-state index contributed by atoms with van der Waals surface area (Å²) >= 11 is 0. The molecule has 0 aromatic heterocycles. The van der Waals surface area contributed by atoms with Gasteiger partial charge in [-0.15, -0.1) is 13.8 Å². The van der Waals surface area contributed by atoms with Crippen molar-refractivity contribution in [3.63, 3.8) is 0 Å². The predicted molar refractivity (Wildman–Crippen MR) is 92.8 cm³/mol. The third kappa shape index (κ3) is 4.71. The molecule has 0 saturated heterocycles. The van der Waals surface area contributed by atoms with Crippen molar-refractivity contribution in [2.75, 3.05) is 0 Å². The monoisotopic (exact) mass is 347 g/mol. The second kappa shape index (κ2) is 7.81. The van der Waals surface area contributed by atoms with Gasteiger partial charge in [-0.1, -0.05) is 66.2 Å². The average Bonchev–Trinajstić information content (AvgIpc) is 2.60. The van der Waals surface area contributed by atoms with E-state index in [1.54, 1.807) is 0 Å². The van der Waals surface area contributed by atoms with Gasteiger partial charge in [0.05, 0.1) is 0 Å². The number of hydrogen-bond donors (Lipinski definition) is 0. The fraction of sp³-hybridized carbons (Fsp3) is 0.600. The van der Waals surface area contributed by atoms with Gasteiger partial charge in [-0.2, -0.15) is 22.3 Å². The van der Waals surface area contributed by atoms with Crippen LogP contribution in [-0.2, 0) is 16.8 Å². The smallest absolute Gasteiger partial charge is 0.412 e. The Bertz CT molecular complexity index is 490. The fourth-order valence-electron chi connectivity index (χ4n) is 2.81. The van der Waals surface area contributed by atoms with Gasteiger partial charge < -0.3 is 5.48 Å². The first-order valence-corrected chi connectivity index (χ1v) is 7.50. The molecule has 0 atom stereocenters. The van der Waals surface area contributed by atoms with Crippen molar-refractivity contribution in [1.82, 2.24) is 0 Å². The van der Waals surface area contributed by atoms with Crippen LogP contribution in [0.4, 0.5) is 0 Å². The maximum absolute atomic E-state index is 3.44. The summed E-state index contributed by atoms with van der Waals surface area (Å²) in [5.74, 6) is 0. The third-order valence-electron chi connectivity index (χ3n) is 5.12. The van der Waals surface area contributed by atoms with Crippen molar-refractivity contribution in [2.24, 2.45) is 10.8 Å². The van der Waals surface area contributed by atoms with Crippen molar-refractivity contribution in [3.8, 4) is 0 Å². The van der Waals surface area contributed by atoms with Crippen LogP contribution in [0.15, 0.2) is 33.4 Å². The molecule has 1 nitrogen and oxygen atoms in total. The van der Waals surface area contributed by atoms with E-state index >= 15 is 0 Å². The standard InChI is InChI=1S/2C10H15.Co.H2O/c2*1-7-6-10(4,5)9(3)8(7)2;;/h2*1-5H3;;1H2/q2*-1;+2;. The average molecular weight is 347 g/mol. The molecule has 2 rings (SSSR count). The van der Waals surface area contributed by atoms with E-state index in [0.717, 1.165) is 0 Å². The molecule has 0 bridgehead atoms. The molecule has 0 saturated carbocycles. The summed E-state index contributed by atoms with van der Waals surface area (Å²) in [5, 5.41) is 0. The molecule has 0 aliphatic heterocycles. The zero-order valence-electron chi connectivity index (χ0n) is 15.8. The van der Waals surface area contributed by atoms with Gasteiger partial charge in [-0.3, -0.25) is 12.2 Å². The summed E-state index contributed by atoms with van der Waals surface area (Å²) in [6.45, 7) is 21.8. The molecule has 0 heterocycles. The first kappa shape index (κ1) is 23.7. The largest absolute Gasteiger partial charge is 2.00 e. The van der Waals surface area contributed by atoms with Crippen LogP contribution in [0.3, 0.4) is 0 Å². The summed E-state index contributed by atoms with van der Waals surface area (Å²) < 4.78 is 0. The van der Waals surface area contributed by atoms with E-state index in [9.17, 15) is 0 Å². The van der Waals surface area contributed by atoms with Crippen LogP contribution in [-0.4, -0.2) is 5.48 Å². The van der Waals surface area contributed by atoms with E-state index in [2.05, 4.69) is 81.4 Å². The van der Waals surface area contributed by atoms with Crippen LogP contribution in [0.1, 0.15) is 69.2 Å². The molecule has 2 aliphatic rings.